The number of ether oxygens (including phenoxy) is 1. The molecule has 0 bridgehead atoms. The minimum Gasteiger partial charge on any atom is -0.450 e. The van der Waals surface area contributed by atoms with Crippen molar-refractivity contribution in [1.29, 1.82) is 0 Å². The Hall–Kier alpha value is -2.90. The molecule has 8 heteroatoms. The lowest BCUT2D eigenvalue weighted by atomic mass is 10.1. The van der Waals surface area contributed by atoms with Crippen molar-refractivity contribution in [3.63, 3.8) is 0 Å². The Labute approximate surface area is 157 Å². The molecular weight excluding hydrogens is 351 g/mol. The normalized spacial score (nSPS) is 14.4. The Bertz CT molecular complexity index is 857. The van der Waals surface area contributed by atoms with Gasteiger partial charge in [-0.05, 0) is 32.0 Å². The molecule has 7 nitrogen and oxygen atoms in total. The van der Waals surface area contributed by atoms with Crippen LogP contribution >= 0.6 is 0 Å². The molecule has 0 atom stereocenters. The number of aryl methyl sites for hydroxylation is 2. The maximum atomic E-state index is 14.2. The number of aromatic nitrogens is 2. The molecule has 0 aliphatic carbocycles. The third kappa shape index (κ3) is 3.94. The van der Waals surface area contributed by atoms with Gasteiger partial charge >= 0.3 is 6.09 Å². The van der Waals surface area contributed by atoms with Crippen LogP contribution in [-0.4, -0.2) is 64.4 Å². The molecule has 144 valence electrons. The second-order valence-corrected chi connectivity index (χ2v) is 6.50. The summed E-state index contributed by atoms with van der Waals surface area (Å²) in [5, 5.41) is 4.27. The highest BCUT2D eigenvalue weighted by atomic mass is 19.1. The minimum atomic E-state index is -0.361. The van der Waals surface area contributed by atoms with Gasteiger partial charge < -0.3 is 14.5 Å². The number of piperazine rings is 1. The highest BCUT2D eigenvalue weighted by Crippen LogP contribution is 2.25. The van der Waals surface area contributed by atoms with Gasteiger partial charge in [0.2, 0.25) is 0 Å². The summed E-state index contributed by atoms with van der Waals surface area (Å²) in [5.74, 6) is -0.584. The molecule has 27 heavy (non-hydrogen) atoms. The van der Waals surface area contributed by atoms with Gasteiger partial charge in [0.1, 0.15) is 5.82 Å². The van der Waals surface area contributed by atoms with Crippen molar-refractivity contribution in [2.24, 2.45) is 7.05 Å². The number of benzene rings is 1. The van der Waals surface area contributed by atoms with E-state index >= 15 is 0 Å². The van der Waals surface area contributed by atoms with E-state index in [1.54, 1.807) is 42.0 Å². The molecule has 1 aromatic heterocycles. The number of carbonyl (C=O) groups is 2. The van der Waals surface area contributed by atoms with Crippen LogP contribution in [0.1, 0.15) is 23.0 Å². The predicted octanol–water partition coefficient (Wildman–Crippen LogP) is 2.45. The maximum Gasteiger partial charge on any atom is 0.409 e. The predicted molar refractivity (Wildman–Crippen MR) is 97.8 cm³/mol. The fraction of sp³-hybridized carbons (Fsp3) is 0.421. The van der Waals surface area contributed by atoms with E-state index in [0.29, 0.717) is 44.0 Å². The third-order valence-electron chi connectivity index (χ3n) is 4.59. The van der Waals surface area contributed by atoms with Crippen LogP contribution in [0, 0.1) is 12.7 Å². The van der Waals surface area contributed by atoms with E-state index in [9.17, 15) is 14.0 Å². The molecule has 1 aliphatic heterocycles. The number of nitrogens with zero attached hydrogens (tertiary/aromatic N) is 4. The molecule has 2 aromatic rings. The second-order valence-electron chi connectivity index (χ2n) is 6.50. The summed E-state index contributed by atoms with van der Waals surface area (Å²) in [6.07, 6.45) is -0.361. The maximum absolute atomic E-state index is 14.2. The lowest BCUT2D eigenvalue weighted by Gasteiger charge is -2.33. The topological polar surface area (TPSA) is 67.7 Å². The van der Waals surface area contributed by atoms with E-state index < -0.39 is 0 Å². The van der Waals surface area contributed by atoms with Gasteiger partial charge in [-0.1, -0.05) is 11.6 Å². The molecule has 2 amide bonds. The second kappa shape index (κ2) is 7.77. The lowest BCUT2D eigenvalue weighted by molar-refractivity contribution is 0.0565. The first-order chi connectivity index (χ1) is 12.9. The zero-order valence-corrected chi connectivity index (χ0v) is 15.7. The van der Waals surface area contributed by atoms with Crippen molar-refractivity contribution in [3.05, 3.63) is 41.3 Å². The average Bonchev–Trinajstić information content (AvgIpc) is 3.05. The van der Waals surface area contributed by atoms with Gasteiger partial charge in [0.25, 0.3) is 5.91 Å². The molecule has 1 saturated heterocycles. The fourth-order valence-electron chi connectivity index (χ4n) is 3.13. The molecule has 0 saturated carbocycles. The molecule has 0 N–H and O–H groups in total. The largest absolute Gasteiger partial charge is 0.450 e. The first-order valence-electron chi connectivity index (χ1n) is 8.92. The van der Waals surface area contributed by atoms with Gasteiger partial charge in [-0.3, -0.25) is 9.48 Å². The lowest BCUT2D eigenvalue weighted by Crippen LogP contribution is -2.50. The third-order valence-corrected chi connectivity index (χ3v) is 4.59. The number of rotatable bonds is 3. The molecule has 0 radical (unpaired) electrons. The Balaban J connectivity index is 1.74. The quantitative estimate of drug-likeness (QED) is 0.828. The van der Waals surface area contributed by atoms with Gasteiger partial charge in [-0.25, -0.2) is 9.18 Å². The first-order valence-corrected chi connectivity index (χ1v) is 8.92. The van der Waals surface area contributed by atoms with Crippen LogP contribution in [-0.2, 0) is 11.8 Å². The van der Waals surface area contributed by atoms with E-state index in [1.807, 2.05) is 6.92 Å². The van der Waals surface area contributed by atoms with Gasteiger partial charge in [0, 0.05) is 38.8 Å². The zero-order valence-electron chi connectivity index (χ0n) is 15.7. The average molecular weight is 374 g/mol. The van der Waals surface area contributed by atoms with Crippen LogP contribution in [0.25, 0.3) is 11.3 Å². The van der Waals surface area contributed by atoms with Gasteiger partial charge in [0.15, 0.2) is 5.69 Å². The number of amides is 2. The molecule has 0 unspecified atom stereocenters. The number of hydrogen-bond acceptors (Lipinski definition) is 4. The van der Waals surface area contributed by atoms with Crippen molar-refractivity contribution in [3.8, 4) is 11.3 Å². The van der Waals surface area contributed by atoms with Crippen molar-refractivity contribution >= 4 is 12.0 Å². The molecule has 3 rings (SSSR count). The van der Waals surface area contributed by atoms with Crippen LogP contribution in [0.2, 0.25) is 0 Å². The van der Waals surface area contributed by atoms with E-state index in [0.717, 1.165) is 5.56 Å². The SMILES string of the molecule is CCOC(=O)N1CCN(C(=O)c2cc(-c3cc(C)ccc3F)n(C)n2)CC1. The summed E-state index contributed by atoms with van der Waals surface area (Å²) in [4.78, 5) is 27.8. The fourth-order valence-corrected chi connectivity index (χ4v) is 3.13. The summed E-state index contributed by atoms with van der Waals surface area (Å²) >= 11 is 0. The summed E-state index contributed by atoms with van der Waals surface area (Å²) in [6.45, 7) is 5.60. The minimum absolute atomic E-state index is 0.228. The van der Waals surface area contributed by atoms with Crippen LogP contribution < -0.4 is 0 Å². The van der Waals surface area contributed by atoms with Gasteiger partial charge in [-0.2, -0.15) is 5.10 Å². The molecule has 2 heterocycles. The van der Waals surface area contributed by atoms with Crippen molar-refractivity contribution in [2.45, 2.75) is 13.8 Å². The number of hydrogen-bond donors (Lipinski definition) is 0. The highest BCUT2D eigenvalue weighted by molar-refractivity contribution is 5.93. The van der Waals surface area contributed by atoms with E-state index in [-0.39, 0.29) is 23.5 Å². The summed E-state index contributed by atoms with van der Waals surface area (Å²) in [7, 11) is 1.69. The molecule has 1 aromatic carbocycles. The Morgan fingerprint density at radius 1 is 1.15 bits per heavy atom. The smallest absolute Gasteiger partial charge is 0.409 e. The molecule has 1 fully saturated rings. The van der Waals surface area contributed by atoms with Crippen LogP contribution in [0.15, 0.2) is 24.3 Å². The van der Waals surface area contributed by atoms with E-state index in [2.05, 4.69) is 5.10 Å². The molecule has 0 spiro atoms. The number of halogens is 1. The highest BCUT2D eigenvalue weighted by Gasteiger charge is 2.27. The van der Waals surface area contributed by atoms with Gasteiger partial charge in [0.05, 0.1) is 12.3 Å². The standard InChI is InChI=1S/C19H23FN4O3/c1-4-27-19(26)24-9-7-23(8-10-24)18(25)16-12-17(22(3)21-16)14-11-13(2)5-6-15(14)20/h5-6,11-12H,4,7-10H2,1-3H3. The Morgan fingerprint density at radius 3 is 2.48 bits per heavy atom. The molecule has 1 aliphatic rings. The number of carbonyl (C=O) groups excluding carboxylic acids is 2. The summed E-state index contributed by atoms with van der Waals surface area (Å²) in [6, 6.07) is 6.45. The summed E-state index contributed by atoms with van der Waals surface area (Å²) < 4.78 is 20.7. The van der Waals surface area contributed by atoms with Crippen LogP contribution in [0.4, 0.5) is 9.18 Å². The first kappa shape index (κ1) is 18.9. The summed E-state index contributed by atoms with van der Waals surface area (Å²) in [5.41, 5.74) is 2.15. The van der Waals surface area contributed by atoms with Gasteiger partial charge in [-0.15, -0.1) is 0 Å². The Morgan fingerprint density at radius 2 is 1.81 bits per heavy atom. The van der Waals surface area contributed by atoms with Crippen molar-refractivity contribution in [2.75, 3.05) is 32.8 Å². The van der Waals surface area contributed by atoms with Crippen molar-refractivity contribution in [1.82, 2.24) is 19.6 Å². The zero-order chi connectivity index (χ0) is 19.6. The van der Waals surface area contributed by atoms with Crippen molar-refractivity contribution < 1.29 is 18.7 Å². The van der Waals surface area contributed by atoms with E-state index in [4.69, 9.17) is 4.74 Å². The van der Waals surface area contributed by atoms with Crippen LogP contribution in [0.3, 0.4) is 0 Å². The molecular formula is C19H23FN4O3. The monoisotopic (exact) mass is 374 g/mol. The van der Waals surface area contributed by atoms with E-state index in [1.165, 1.54) is 10.7 Å². The van der Waals surface area contributed by atoms with Crippen LogP contribution in [0.5, 0.6) is 0 Å². The Kier molecular flexibility index (Phi) is 5.43.